The Morgan fingerprint density at radius 2 is 2.15 bits per heavy atom. The highest BCUT2D eigenvalue weighted by atomic mass is 14.9. The standard InChI is InChI=1S/C9H16N2.C2H6/c1-3-10-6-9-7-11-5-4-8(9)2;1-2/h6,11H,3-5,7H2,1-2H3;1-2H3. The maximum absolute atomic E-state index is 4.22. The topological polar surface area (TPSA) is 24.4 Å². The quantitative estimate of drug-likeness (QED) is 0.652. The Morgan fingerprint density at radius 3 is 2.69 bits per heavy atom. The maximum atomic E-state index is 4.22. The summed E-state index contributed by atoms with van der Waals surface area (Å²) in [6.07, 6.45) is 3.17. The van der Waals surface area contributed by atoms with Gasteiger partial charge >= 0.3 is 0 Å². The van der Waals surface area contributed by atoms with Crippen molar-refractivity contribution in [3.05, 3.63) is 11.1 Å². The van der Waals surface area contributed by atoms with Gasteiger partial charge in [0.1, 0.15) is 0 Å². The van der Waals surface area contributed by atoms with Crippen LogP contribution < -0.4 is 5.32 Å². The van der Waals surface area contributed by atoms with E-state index in [1.54, 1.807) is 0 Å². The molecule has 0 aromatic carbocycles. The van der Waals surface area contributed by atoms with E-state index >= 15 is 0 Å². The Labute approximate surface area is 82.1 Å². The number of hydrogen-bond acceptors (Lipinski definition) is 2. The lowest BCUT2D eigenvalue weighted by atomic mass is 10.0. The summed E-state index contributed by atoms with van der Waals surface area (Å²) < 4.78 is 0. The van der Waals surface area contributed by atoms with E-state index in [-0.39, 0.29) is 0 Å². The molecule has 1 rings (SSSR count). The van der Waals surface area contributed by atoms with E-state index in [1.807, 2.05) is 20.1 Å². The largest absolute Gasteiger partial charge is 0.312 e. The van der Waals surface area contributed by atoms with Gasteiger partial charge in [0.25, 0.3) is 0 Å². The lowest BCUT2D eigenvalue weighted by Gasteiger charge is -2.15. The van der Waals surface area contributed by atoms with Gasteiger partial charge in [-0.15, -0.1) is 0 Å². The number of nitrogens with one attached hydrogen (secondary N) is 1. The predicted octanol–water partition coefficient (Wildman–Crippen LogP) is 2.41. The molecule has 76 valence electrons. The molecule has 13 heavy (non-hydrogen) atoms. The van der Waals surface area contributed by atoms with E-state index in [9.17, 15) is 0 Å². The van der Waals surface area contributed by atoms with Crippen LogP contribution >= 0.6 is 0 Å². The molecule has 0 bridgehead atoms. The monoisotopic (exact) mass is 182 g/mol. The molecule has 0 aromatic heterocycles. The molecule has 1 N–H and O–H groups in total. The first-order chi connectivity index (χ1) is 6.34. The van der Waals surface area contributed by atoms with Crippen LogP contribution in [0.3, 0.4) is 0 Å². The average molecular weight is 182 g/mol. The van der Waals surface area contributed by atoms with Gasteiger partial charge in [0.2, 0.25) is 0 Å². The zero-order chi connectivity index (χ0) is 10.1. The molecule has 0 atom stereocenters. The minimum absolute atomic E-state index is 0.886. The van der Waals surface area contributed by atoms with E-state index in [4.69, 9.17) is 0 Å². The summed E-state index contributed by atoms with van der Waals surface area (Å²) in [5, 5.41) is 3.33. The summed E-state index contributed by atoms with van der Waals surface area (Å²) in [4.78, 5) is 4.22. The molecule has 0 amide bonds. The third-order valence-corrected chi connectivity index (χ3v) is 1.97. The minimum Gasteiger partial charge on any atom is -0.312 e. The molecule has 1 aliphatic heterocycles. The van der Waals surface area contributed by atoms with Crippen molar-refractivity contribution >= 4 is 6.21 Å². The average Bonchev–Trinajstić information content (AvgIpc) is 2.20. The zero-order valence-electron chi connectivity index (χ0n) is 9.35. The summed E-state index contributed by atoms with van der Waals surface area (Å²) >= 11 is 0. The van der Waals surface area contributed by atoms with Gasteiger partial charge in [-0.2, -0.15) is 0 Å². The summed E-state index contributed by atoms with van der Waals surface area (Å²) in [5.41, 5.74) is 2.86. The van der Waals surface area contributed by atoms with Crippen LogP contribution in [-0.2, 0) is 0 Å². The first-order valence-electron chi connectivity index (χ1n) is 5.23. The van der Waals surface area contributed by atoms with Crippen molar-refractivity contribution in [1.82, 2.24) is 5.32 Å². The van der Waals surface area contributed by atoms with Crippen molar-refractivity contribution in [2.75, 3.05) is 19.6 Å². The Bertz CT molecular complexity index is 181. The van der Waals surface area contributed by atoms with Gasteiger partial charge in [0.05, 0.1) is 0 Å². The van der Waals surface area contributed by atoms with Crippen LogP contribution in [0.5, 0.6) is 0 Å². The maximum Gasteiger partial charge on any atom is 0.0361 e. The molecule has 0 spiro atoms. The van der Waals surface area contributed by atoms with Crippen LogP contribution in [-0.4, -0.2) is 25.8 Å². The number of rotatable bonds is 2. The molecule has 2 heteroatoms. The molecule has 0 saturated heterocycles. The first-order valence-corrected chi connectivity index (χ1v) is 5.23. The summed E-state index contributed by atoms with van der Waals surface area (Å²) in [6.45, 7) is 11.3. The highest BCUT2D eigenvalue weighted by Gasteiger charge is 2.04. The van der Waals surface area contributed by atoms with E-state index < -0.39 is 0 Å². The smallest absolute Gasteiger partial charge is 0.0361 e. The number of hydrogen-bond donors (Lipinski definition) is 1. The molecule has 0 aromatic rings. The molecule has 0 saturated carbocycles. The summed E-state index contributed by atoms with van der Waals surface area (Å²) in [7, 11) is 0. The van der Waals surface area contributed by atoms with Crippen molar-refractivity contribution in [2.24, 2.45) is 4.99 Å². The van der Waals surface area contributed by atoms with Crippen LogP contribution in [0.15, 0.2) is 16.1 Å². The second-order valence-corrected chi connectivity index (χ2v) is 2.86. The van der Waals surface area contributed by atoms with Crippen molar-refractivity contribution in [3.63, 3.8) is 0 Å². The second-order valence-electron chi connectivity index (χ2n) is 2.86. The lowest BCUT2D eigenvalue weighted by Crippen LogP contribution is -2.25. The third-order valence-electron chi connectivity index (χ3n) is 1.97. The Balaban J connectivity index is 0.000000671. The molecule has 2 nitrogen and oxygen atoms in total. The van der Waals surface area contributed by atoms with Gasteiger partial charge in [0.15, 0.2) is 0 Å². The van der Waals surface area contributed by atoms with Gasteiger partial charge in [-0.3, -0.25) is 4.99 Å². The molecular weight excluding hydrogens is 160 g/mol. The van der Waals surface area contributed by atoms with Gasteiger partial charge in [0, 0.05) is 19.3 Å². The van der Waals surface area contributed by atoms with E-state index in [0.29, 0.717) is 0 Å². The summed E-state index contributed by atoms with van der Waals surface area (Å²) in [5.74, 6) is 0. The van der Waals surface area contributed by atoms with Gasteiger partial charge in [-0.25, -0.2) is 0 Å². The molecule has 1 aliphatic rings. The summed E-state index contributed by atoms with van der Waals surface area (Å²) in [6, 6.07) is 0. The van der Waals surface area contributed by atoms with Crippen LogP contribution in [0, 0.1) is 0 Å². The van der Waals surface area contributed by atoms with E-state index in [1.165, 1.54) is 17.6 Å². The molecule has 0 fully saturated rings. The highest BCUT2D eigenvalue weighted by Crippen LogP contribution is 2.09. The van der Waals surface area contributed by atoms with Crippen molar-refractivity contribution in [3.8, 4) is 0 Å². The Kier molecular flexibility index (Phi) is 7.60. The van der Waals surface area contributed by atoms with Crippen molar-refractivity contribution in [1.29, 1.82) is 0 Å². The molecule has 1 heterocycles. The van der Waals surface area contributed by atoms with Crippen molar-refractivity contribution in [2.45, 2.75) is 34.1 Å². The van der Waals surface area contributed by atoms with E-state index in [2.05, 4.69) is 24.2 Å². The Hall–Kier alpha value is -0.630. The van der Waals surface area contributed by atoms with Crippen LogP contribution in [0.25, 0.3) is 0 Å². The predicted molar refractivity (Wildman–Crippen MR) is 60.6 cm³/mol. The zero-order valence-corrected chi connectivity index (χ0v) is 9.35. The molecule has 0 aliphatic carbocycles. The molecule has 0 unspecified atom stereocenters. The van der Waals surface area contributed by atoms with E-state index in [0.717, 1.165) is 19.6 Å². The fourth-order valence-corrected chi connectivity index (χ4v) is 1.17. The normalized spacial score (nSPS) is 17.2. The SMILES string of the molecule is CC.CCN=CC1=C(C)CCNC1. The Morgan fingerprint density at radius 1 is 1.46 bits per heavy atom. The second kappa shape index (κ2) is 7.99. The fraction of sp³-hybridized carbons (Fsp3) is 0.727. The van der Waals surface area contributed by atoms with Gasteiger partial charge < -0.3 is 5.32 Å². The van der Waals surface area contributed by atoms with Gasteiger partial charge in [-0.1, -0.05) is 19.4 Å². The van der Waals surface area contributed by atoms with Crippen LogP contribution in [0.4, 0.5) is 0 Å². The van der Waals surface area contributed by atoms with Crippen molar-refractivity contribution < 1.29 is 0 Å². The number of nitrogens with zero attached hydrogens (tertiary/aromatic N) is 1. The lowest BCUT2D eigenvalue weighted by molar-refractivity contribution is 0.692. The fourth-order valence-electron chi connectivity index (χ4n) is 1.17. The first kappa shape index (κ1) is 12.4. The number of aliphatic imine (C=N–C) groups is 1. The molecular formula is C11H22N2. The highest BCUT2D eigenvalue weighted by molar-refractivity contribution is 5.80. The van der Waals surface area contributed by atoms with Gasteiger partial charge in [-0.05, 0) is 32.4 Å². The minimum atomic E-state index is 0.886. The third kappa shape index (κ3) is 4.83. The van der Waals surface area contributed by atoms with Crippen LogP contribution in [0.2, 0.25) is 0 Å². The van der Waals surface area contributed by atoms with Crippen LogP contribution in [0.1, 0.15) is 34.1 Å². The molecule has 0 radical (unpaired) electrons.